The van der Waals surface area contributed by atoms with E-state index in [0.717, 1.165) is 30.7 Å². The molecule has 0 aromatic carbocycles. The summed E-state index contributed by atoms with van der Waals surface area (Å²) in [5.74, 6) is 0. The first-order chi connectivity index (χ1) is 7.25. The molecule has 0 bridgehead atoms. The van der Waals surface area contributed by atoms with Gasteiger partial charge in [-0.15, -0.1) is 11.3 Å². The number of rotatable bonds is 6. The van der Waals surface area contributed by atoms with E-state index in [-0.39, 0.29) is 0 Å². The topological polar surface area (TPSA) is 15.3 Å². The number of halogens is 1. The predicted molar refractivity (Wildman–Crippen MR) is 66.7 cm³/mol. The summed E-state index contributed by atoms with van der Waals surface area (Å²) in [7, 11) is 2.14. The molecule has 0 unspecified atom stereocenters. The monoisotopic (exact) mass is 244 g/mol. The van der Waals surface area contributed by atoms with E-state index < -0.39 is 0 Å². The highest BCUT2D eigenvalue weighted by atomic mass is 35.5. The molecule has 84 valence electrons. The third-order valence-electron chi connectivity index (χ3n) is 2.61. The minimum atomic E-state index is 0.809. The summed E-state index contributed by atoms with van der Waals surface area (Å²) in [5, 5.41) is 6.46. The second-order valence-corrected chi connectivity index (χ2v) is 5.57. The molecule has 15 heavy (non-hydrogen) atoms. The molecule has 1 aliphatic rings. The maximum Gasteiger partial charge on any atom is 0.0558 e. The molecule has 0 radical (unpaired) electrons. The zero-order valence-electron chi connectivity index (χ0n) is 9.00. The van der Waals surface area contributed by atoms with Crippen LogP contribution in [0.15, 0.2) is 11.4 Å². The van der Waals surface area contributed by atoms with Crippen LogP contribution in [0.4, 0.5) is 0 Å². The van der Waals surface area contributed by atoms with Gasteiger partial charge >= 0.3 is 0 Å². The van der Waals surface area contributed by atoms with Crippen molar-refractivity contribution in [3.63, 3.8) is 0 Å². The van der Waals surface area contributed by atoms with E-state index in [9.17, 15) is 0 Å². The van der Waals surface area contributed by atoms with Gasteiger partial charge in [0.1, 0.15) is 0 Å². The minimum Gasteiger partial charge on any atom is -0.313 e. The lowest BCUT2D eigenvalue weighted by atomic mass is 10.4. The van der Waals surface area contributed by atoms with Crippen molar-refractivity contribution < 1.29 is 0 Å². The molecule has 2 rings (SSSR count). The van der Waals surface area contributed by atoms with Crippen molar-refractivity contribution in [2.24, 2.45) is 0 Å². The number of likely N-dealkylation sites (N-methyl/N-ethyl adjacent to an activating group) is 1. The molecule has 0 saturated heterocycles. The number of hydrogen-bond acceptors (Lipinski definition) is 3. The van der Waals surface area contributed by atoms with Gasteiger partial charge in [-0.25, -0.2) is 0 Å². The Labute approximate surface area is 100 Å². The molecule has 2 nitrogen and oxygen atoms in total. The van der Waals surface area contributed by atoms with Crippen molar-refractivity contribution in [3.8, 4) is 0 Å². The lowest BCUT2D eigenvalue weighted by Crippen LogP contribution is -2.29. The lowest BCUT2D eigenvalue weighted by Gasteiger charge is -2.16. The van der Waals surface area contributed by atoms with Gasteiger partial charge in [-0.05, 0) is 31.3 Å². The first-order valence-electron chi connectivity index (χ1n) is 5.39. The van der Waals surface area contributed by atoms with Crippen LogP contribution in [0.2, 0.25) is 5.02 Å². The Bertz CT molecular complexity index is 309. The van der Waals surface area contributed by atoms with E-state index in [1.807, 2.05) is 11.4 Å². The number of hydrogen-bond donors (Lipinski definition) is 1. The van der Waals surface area contributed by atoms with Crippen molar-refractivity contribution >= 4 is 22.9 Å². The van der Waals surface area contributed by atoms with E-state index in [1.165, 1.54) is 17.7 Å². The van der Waals surface area contributed by atoms with Gasteiger partial charge < -0.3 is 5.32 Å². The highest BCUT2D eigenvalue weighted by Crippen LogP contribution is 2.23. The highest BCUT2D eigenvalue weighted by molar-refractivity contribution is 7.10. The van der Waals surface area contributed by atoms with Crippen molar-refractivity contribution in [1.29, 1.82) is 0 Å². The second kappa shape index (κ2) is 5.30. The fourth-order valence-corrected chi connectivity index (χ4v) is 2.68. The summed E-state index contributed by atoms with van der Waals surface area (Å²) in [6.45, 7) is 3.14. The Morgan fingerprint density at radius 2 is 2.40 bits per heavy atom. The van der Waals surface area contributed by atoms with Gasteiger partial charge in [0.25, 0.3) is 0 Å². The van der Waals surface area contributed by atoms with Gasteiger partial charge in [0, 0.05) is 30.6 Å². The molecule has 1 aromatic rings. The SMILES string of the molecule is CN(CCNC1CC1)Cc1sccc1Cl. The van der Waals surface area contributed by atoms with Crippen molar-refractivity contribution in [1.82, 2.24) is 10.2 Å². The van der Waals surface area contributed by atoms with E-state index in [2.05, 4.69) is 17.3 Å². The number of nitrogens with one attached hydrogen (secondary N) is 1. The van der Waals surface area contributed by atoms with Crippen molar-refractivity contribution in [2.45, 2.75) is 25.4 Å². The van der Waals surface area contributed by atoms with Crippen molar-refractivity contribution in [3.05, 3.63) is 21.3 Å². The van der Waals surface area contributed by atoms with Crippen LogP contribution in [0.5, 0.6) is 0 Å². The predicted octanol–water partition coefficient (Wildman–Crippen LogP) is 2.59. The van der Waals surface area contributed by atoms with Crippen LogP contribution in [-0.4, -0.2) is 31.1 Å². The molecule has 1 heterocycles. The summed E-state index contributed by atoms with van der Waals surface area (Å²) in [4.78, 5) is 3.58. The normalized spacial score (nSPS) is 16.2. The molecule has 1 saturated carbocycles. The summed E-state index contributed by atoms with van der Waals surface area (Å²) < 4.78 is 0. The van der Waals surface area contributed by atoms with Gasteiger partial charge in [-0.1, -0.05) is 11.6 Å². The fourth-order valence-electron chi connectivity index (χ4n) is 1.51. The largest absolute Gasteiger partial charge is 0.313 e. The van der Waals surface area contributed by atoms with Crippen LogP contribution >= 0.6 is 22.9 Å². The fraction of sp³-hybridized carbons (Fsp3) is 0.636. The van der Waals surface area contributed by atoms with Crippen LogP contribution in [0, 0.1) is 0 Å². The van der Waals surface area contributed by atoms with Crippen LogP contribution < -0.4 is 5.32 Å². The maximum absolute atomic E-state index is 6.05. The highest BCUT2D eigenvalue weighted by Gasteiger charge is 2.19. The zero-order valence-corrected chi connectivity index (χ0v) is 10.6. The zero-order chi connectivity index (χ0) is 10.7. The average Bonchev–Trinajstić information content (AvgIpc) is 2.93. The van der Waals surface area contributed by atoms with E-state index in [1.54, 1.807) is 11.3 Å². The smallest absolute Gasteiger partial charge is 0.0558 e. The molecule has 1 N–H and O–H groups in total. The van der Waals surface area contributed by atoms with Crippen LogP contribution in [0.25, 0.3) is 0 Å². The molecule has 1 aliphatic carbocycles. The van der Waals surface area contributed by atoms with Gasteiger partial charge in [0.2, 0.25) is 0 Å². The summed E-state index contributed by atoms with van der Waals surface area (Å²) >= 11 is 7.78. The Kier molecular flexibility index (Phi) is 4.03. The summed E-state index contributed by atoms with van der Waals surface area (Å²) in [5.41, 5.74) is 0. The molecule has 0 spiro atoms. The Balaban J connectivity index is 1.67. The standard InChI is InChI=1S/C11H17ClN2S/c1-14(6-5-13-9-2-3-9)8-11-10(12)4-7-15-11/h4,7,9,13H,2-3,5-6,8H2,1H3. The summed E-state index contributed by atoms with van der Waals surface area (Å²) in [6.07, 6.45) is 2.72. The van der Waals surface area contributed by atoms with Gasteiger partial charge in [-0.3, -0.25) is 4.90 Å². The van der Waals surface area contributed by atoms with Crippen LogP contribution in [-0.2, 0) is 6.54 Å². The molecular weight excluding hydrogens is 228 g/mol. The average molecular weight is 245 g/mol. The van der Waals surface area contributed by atoms with Gasteiger partial charge in [-0.2, -0.15) is 0 Å². The third kappa shape index (κ3) is 3.76. The molecule has 0 aliphatic heterocycles. The Morgan fingerprint density at radius 3 is 3.00 bits per heavy atom. The van der Waals surface area contributed by atoms with Gasteiger partial charge in [0.05, 0.1) is 5.02 Å². The summed E-state index contributed by atoms with van der Waals surface area (Å²) in [6, 6.07) is 2.78. The first-order valence-corrected chi connectivity index (χ1v) is 6.65. The third-order valence-corrected chi connectivity index (χ3v) is 3.98. The molecule has 0 amide bonds. The number of nitrogens with zero attached hydrogens (tertiary/aromatic N) is 1. The molecule has 4 heteroatoms. The second-order valence-electron chi connectivity index (χ2n) is 4.16. The maximum atomic E-state index is 6.05. The molecular formula is C11H17ClN2S. The first kappa shape index (κ1) is 11.4. The van der Waals surface area contributed by atoms with Gasteiger partial charge in [0.15, 0.2) is 0 Å². The van der Waals surface area contributed by atoms with Crippen molar-refractivity contribution in [2.75, 3.05) is 20.1 Å². The quantitative estimate of drug-likeness (QED) is 0.828. The Morgan fingerprint density at radius 1 is 1.60 bits per heavy atom. The number of thiophene rings is 1. The Hall–Kier alpha value is -0.0900. The lowest BCUT2D eigenvalue weighted by molar-refractivity contribution is 0.327. The molecule has 0 atom stereocenters. The van der Waals surface area contributed by atoms with E-state index >= 15 is 0 Å². The molecule has 1 fully saturated rings. The van der Waals surface area contributed by atoms with E-state index in [4.69, 9.17) is 11.6 Å². The van der Waals surface area contributed by atoms with Crippen LogP contribution in [0.1, 0.15) is 17.7 Å². The van der Waals surface area contributed by atoms with E-state index in [0.29, 0.717) is 0 Å². The minimum absolute atomic E-state index is 0.809. The molecule has 1 aromatic heterocycles. The van der Waals surface area contributed by atoms with Crippen LogP contribution in [0.3, 0.4) is 0 Å².